The second-order valence-corrected chi connectivity index (χ2v) is 7.37. The highest BCUT2D eigenvalue weighted by molar-refractivity contribution is 5.69. The summed E-state index contributed by atoms with van der Waals surface area (Å²) in [7, 11) is 0. The first-order chi connectivity index (χ1) is 9.61. The predicted octanol–water partition coefficient (Wildman–Crippen LogP) is 5.12. The van der Waals surface area contributed by atoms with Crippen LogP contribution in [0.5, 0.6) is 0 Å². The van der Waals surface area contributed by atoms with Crippen LogP contribution in [0.2, 0.25) is 0 Å². The molecule has 0 heterocycles. The first-order valence-corrected chi connectivity index (χ1v) is 8.84. The van der Waals surface area contributed by atoms with Crippen LogP contribution in [0.15, 0.2) is 0 Å². The molecule has 1 atom stereocenters. The Labute approximate surface area is 124 Å². The molecule has 0 aromatic heterocycles. The molecular weight excluding hydrogens is 248 g/mol. The van der Waals surface area contributed by atoms with Crippen molar-refractivity contribution in [1.29, 1.82) is 0 Å². The van der Waals surface area contributed by atoms with Crippen LogP contribution in [0.25, 0.3) is 0 Å². The lowest BCUT2D eigenvalue weighted by Gasteiger charge is -2.38. The summed E-state index contributed by atoms with van der Waals surface area (Å²) in [4.78, 5) is 11.1. The van der Waals surface area contributed by atoms with E-state index in [-0.39, 0.29) is 5.92 Å². The molecule has 0 aromatic rings. The van der Waals surface area contributed by atoms with E-state index in [2.05, 4.69) is 6.92 Å². The van der Waals surface area contributed by atoms with Gasteiger partial charge >= 0.3 is 5.97 Å². The second kappa shape index (κ2) is 7.47. The van der Waals surface area contributed by atoms with Crippen molar-refractivity contribution >= 4 is 5.97 Å². The molecule has 0 bridgehead atoms. The molecule has 0 saturated heterocycles. The third-order valence-corrected chi connectivity index (χ3v) is 6.17. The fourth-order valence-electron chi connectivity index (χ4n) is 4.67. The monoisotopic (exact) mass is 280 g/mol. The van der Waals surface area contributed by atoms with Crippen molar-refractivity contribution < 1.29 is 9.90 Å². The van der Waals surface area contributed by atoms with Gasteiger partial charge in [-0.2, -0.15) is 0 Å². The van der Waals surface area contributed by atoms with E-state index < -0.39 is 5.97 Å². The van der Waals surface area contributed by atoms with Gasteiger partial charge in [-0.25, -0.2) is 0 Å². The molecule has 2 rings (SSSR count). The van der Waals surface area contributed by atoms with Gasteiger partial charge in [-0.15, -0.1) is 0 Å². The summed E-state index contributed by atoms with van der Waals surface area (Å²) < 4.78 is 0. The minimum Gasteiger partial charge on any atom is -0.481 e. The Hall–Kier alpha value is -0.530. The highest BCUT2D eigenvalue weighted by Crippen LogP contribution is 2.43. The van der Waals surface area contributed by atoms with E-state index in [1.54, 1.807) is 0 Å². The van der Waals surface area contributed by atoms with Crippen LogP contribution >= 0.6 is 0 Å². The zero-order valence-electron chi connectivity index (χ0n) is 13.3. The summed E-state index contributed by atoms with van der Waals surface area (Å²) in [5.74, 6) is 2.53. The number of hydrogen-bond acceptors (Lipinski definition) is 1. The van der Waals surface area contributed by atoms with Gasteiger partial charge in [0.1, 0.15) is 0 Å². The summed E-state index contributed by atoms with van der Waals surface area (Å²) in [5, 5.41) is 9.13. The van der Waals surface area contributed by atoms with Crippen molar-refractivity contribution in [2.24, 2.45) is 29.6 Å². The van der Waals surface area contributed by atoms with Crippen LogP contribution < -0.4 is 0 Å². The number of rotatable bonds is 5. The molecule has 2 nitrogen and oxygen atoms in total. The van der Waals surface area contributed by atoms with E-state index in [0.717, 1.165) is 30.6 Å². The van der Waals surface area contributed by atoms with Gasteiger partial charge < -0.3 is 5.11 Å². The van der Waals surface area contributed by atoms with E-state index in [0.29, 0.717) is 5.92 Å². The standard InChI is InChI=1S/C18H32O2/c1-3-4-14-5-7-16(8-6-14)17-11-9-15(10-12-17)13(2)18(19)20/h13-17H,3-12H2,1-2H3,(H,19,20). The molecule has 0 aliphatic heterocycles. The zero-order valence-corrected chi connectivity index (χ0v) is 13.3. The highest BCUT2D eigenvalue weighted by Gasteiger charge is 2.33. The number of hydrogen-bond donors (Lipinski definition) is 1. The highest BCUT2D eigenvalue weighted by atomic mass is 16.4. The molecule has 116 valence electrons. The van der Waals surface area contributed by atoms with Crippen LogP contribution in [0.1, 0.15) is 78.1 Å². The molecule has 0 spiro atoms. The second-order valence-electron chi connectivity index (χ2n) is 7.37. The largest absolute Gasteiger partial charge is 0.481 e. The maximum Gasteiger partial charge on any atom is 0.306 e. The number of carboxylic acid groups (broad SMARTS) is 1. The number of carbonyl (C=O) groups is 1. The zero-order chi connectivity index (χ0) is 14.5. The van der Waals surface area contributed by atoms with Crippen LogP contribution in [0, 0.1) is 29.6 Å². The Bertz CT molecular complexity index is 297. The summed E-state index contributed by atoms with van der Waals surface area (Å²) in [5.41, 5.74) is 0. The van der Waals surface area contributed by atoms with Gasteiger partial charge in [-0.1, -0.05) is 39.5 Å². The number of aliphatic carboxylic acids is 1. The summed E-state index contributed by atoms with van der Waals surface area (Å²) in [6.45, 7) is 4.19. The Morgan fingerprint density at radius 1 is 1.00 bits per heavy atom. The molecule has 2 aliphatic rings. The Balaban J connectivity index is 1.73. The van der Waals surface area contributed by atoms with Crippen molar-refractivity contribution in [2.75, 3.05) is 0 Å². The molecule has 1 unspecified atom stereocenters. The molecule has 0 radical (unpaired) electrons. The average molecular weight is 280 g/mol. The average Bonchev–Trinajstić information content (AvgIpc) is 2.48. The molecule has 2 fully saturated rings. The maximum absolute atomic E-state index is 11.1. The van der Waals surface area contributed by atoms with Crippen molar-refractivity contribution in [3.05, 3.63) is 0 Å². The molecule has 2 aliphatic carbocycles. The normalized spacial score (nSPS) is 36.5. The van der Waals surface area contributed by atoms with E-state index in [1.165, 1.54) is 51.4 Å². The van der Waals surface area contributed by atoms with E-state index in [4.69, 9.17) is 5.11 Å². The molecular formula is C18H32O2. The van der Waals surface area contributed by atoms with Crippen LogP contribution in [0.3, 0.4) is 0 Å². The van der Waals surface area contributed by atoms with Crippen molar-refractivity contribution in [1.82, 2.24) is 0 Å². The van der Waals surface area contributed by atoms with Gasteiger partial charge in [0.25, 0.3) is 0 Å². The lowest BCUT2D eigenvalue weighted by molar-refractivity contribution is -0.143. The van der Waals surface area contributed by atoms with Crippen molar-refractivity contribution in [3.8, 4) is 0 Å². The van der Waals surface area contributed by atoms with Crippen LogP contribution in [-0.4, -0.2) is 11.1 Å². The molecule has 0 aromatic carbocycles. The smallest absolute Gasteiger partial charge is 0.306 e. The summed E-state index contributed by atoms with van der Waals surface area (Å²) >= 11 is 0. The van der Waals surface area contributed by atoms with Crippen molar-refractivity contribution in [3.63, 3.8) is 0 Å². The molecule has 20 heavy (non-hydrogen) atoms. The minimum atomic E-state index is -0.603. The summed E-state index contributed by atoms with van der Waals surface area (Å²) in [6, 6.07) is 0. The maximum atomic E-state index is 11.1. The van der Waals surface area contributed by atoms with E-state index >= 15 is 0 Å². The lowest BCUT2D eigenvalue weighted by atomic mass is 9.67. The molecule has 0 amide bonds. The fourth-order valence-corrected chi connectivity index (χ4v) is 4.67. The van der Waals surface area contributed by atoms with Gasteiger partial charge in [0, 0.05) is 0 Å². The molecule has 2 saturated carbocycles. The van der Waals surface area contributed by atoms with Gasteiger partial charge in [0.15, 0.2) is 0 Å². The topological polar surface area (TPSA) is 37.3 Å². The first-order valence-electron chi connectivity index (χ1n) is 8.84. The molecule has 2 heteroatoms. The van der Waals surface area contributed by atoms with Gasteiger partial charge in [-0.3, -0.25) is 4.79 Å². The van der Waals surface area contributed by atoms with Gasteiger partial charge in [0.2, 0.25) is 0 Å². The van der Waals surface area contributed by atoms with E-state index in [1.807, 2.05) is 6.92 Å². The Morgan fingerprint density at radius 3 is 1.95 bits per heavy atom. The fraction of sp³-hybridized carbons (Fsp3) is 0.944. The SMILES string of the molecule is CCCC1CCC(C2CCC(C(C)C(=O)O)CC2)CC1. The Kier molecular flexibility index (Phi) is 5.92. The third kappa shape index (κ3) is 3.99. The Morgan fingerprint density at radius 2 is 1.50 bits per heavy atom. The third-order valence-electron chi connectivity index (χ3n) is 6.17. The quantitative estimate of drug-likeness (QED) is 0.759. The minimum absolute atomic E-state index is 0.142. The van der Waals surface area contributed by atoms with Crippen molar-refractivity contribution in [2.45, 2.75) is 78.1 Å². The van der Waals surface area contributed by atoms with Crippen LogP contribution in [-0.2, 0) is 4.79 Å². The first kappa shape index (κ1) is 15.9. The van der Waals surface area contributed by atoms with Gasteiger partial charge in [-0.05, 0) is 62.2 Å². The lowest BCUT2D eigenvalue weighted by Crippen LogP contribution is -2.29. The van der Waals surface area contributed by atoms with E-state index in [9.17, 15) is 4.79 Å². The van der Waals surface area contributed by atoms with Crippen LogP contribution in [0.4, 0.5) is 0 Å². The number of carboxylic acids is 1. The molecule has 1 N–H and O–H groups in total. The summed E-state index contributed by atoms with van der Waals surface area (Å²) in [6.07, 6.45) is 13.4. The predicted molar refractivity (Wildman–Crippen MR) is 82.6 cm³/mol. The van der Waals surface area contributed by atoms with Gasteiger partial charge in [0.05, 0.1) is 5.92 Å².